The van der Waals surface area contributed by atoms with Crippen molar-refractivity contribution in [1.82, 2.24) is 0 Å². The Hall–Kier alpha value is -0.980. The Morgan fingerprint density at radius 2 is 1.46 bits per heavy atom. The fraction of sp³-hybridized carbons (Fsp3) is 0.500. The lowest BCUT2D eigenvalue weighted by atomic mass is 10.2. The molecule has 13 heavy (non-hydrogen) atoms. The standard InChI is InChI=1S/C12H20O/c1-2-3-4-5-6-7-8-9-10-11-12-13/h2-3,6-7,11-13H,4-5,8-10H2,1H3. The Morgan fingerprint density at radius 1 is 0.846 bits per heavy atom. The number of hydrogen-bond donors (Lipinski definition) is 1. The highest BCUT2D eigenvalue weighted by Crippen LogP contribution is 1.99. The van der Waals surface area contributed by atoms with E-state index < -0.39 is 0 Å². The second-order valence-corrected chi connectivity index (χ2v) is 2.93. The van der Waals surface area contributed by atoms with Crippen LogP contribution in [0.15, 0.2) is 36.6 Å². The monoisotopic (exact) mass is 180 g/mol. The van der Waals surface area contributed by atoms with Crippen molar-refractivity contribution in [2.45, 2.75) is 39.0 Å². The molecule has 0 bridgehead atoms. The third-order valence-electron chi connectivity index (χ3n) is 1.75. The van der Waals surface area contributed by atoms with Crippen LogP contribution in [0, 0.1) is 0 Å². The second kappa shape index (κ2) is 11.0. The van der Waals surface area contributed by atoms with Crippen LogP contribution < -0.4 is 0 Å². The molecule has 0 aliphatic heterocycles. The second-order valence-electron chi connectivity index (χ2n) is 2.93. The summed E-state index contributed by atoms with van der Waals surface area (Å²) in [7, 11) is 0. The van der Waals surface area contributed by atoms with Gasteiger partial charge in [0.05, 0.1) is 6.26 Å². The van der Waals surface area contributed by atoms with E-state index >= 15 is 0 Å². The van der Waals surface area contributed by atoms with E-state index in [9.17, 15) is 0 Å². The lowest BCUT2D eigenvalue weighted by molar-refractivity contribution is 0.470. The van der Waals surface area contributed by atoms with Crippen molar-refractivity contribution < 1.29 is 5.11 Å². The lowest BCUT2D eigenvalue weighted by Gasteiger charge is -1.89. The number of unbranched alkanes of at least 4 members (excludes halogenated alkanes) is 3. The third-order valence-corrected chi connectivity index (χ3v) is 1.75. The summed E-state index contributed by atoms with van der Waals surface area (Å²) < 4.78 is 0. The summed E-state index contributed by atoms with van der Waals surface area (Å²) in [4.78, 5) is 0. The van der Waals surface area contributed by atoms with E-state index in [2.05, 4.69) is 24.3 Å². The molecule has 74 valence electrons. The molecule has 0 aliphatic rings. The average molecular weight is 180 g/mol. The molecule has 0 aromatic heterocycles. The molecule has 0 fully saturated rings. The van der Waals surface area contributed by atoms with Gasteiger partial charge in [0.1, 0.15) is 0 Å². The van der Waals surface area contributed by atoms with Gasteiger partial charge in [-0.3, -0.25) is 0 Å². The molecule has 1 N–H and O–H groups in total. The Balaban J connectivity index is 3.12. The Kier molecular flexibility index (Phi) is 10.2. The highest BCUT2D eigenvalue weighted by molar-refractivity contribution is 4.87. The maximum atomic E-state index is 8.36. The average Bonchev–Trinajstić information content (AvgIpc) is 2.16. The summed E-state index contributed by atoms with van der Waals surface area (Å²) in [5, 5.41) is 8.36. The van der Waals surface area contributed by atoms with Gasteiger partial charge in [0.15, 0.2) is 0 Å². The van der Waals surface area contributed by atoms with Gasteiger partial charge in [-0.05, 0) is 39.0 Å². The summed E-state index contributed by atoms with van der Waals surface area (Å²) >= 11 is 0. The minimum atomic E-state index is 0.968. The lowest BCUT2D eigenvalue weighted by Crippen LogP contribution is -1.70. The van der Waals surface area contributed by atoms with E-state index in [0.29, 0.717) is 0 Å². The van der Waals surface area contributed by atoms with Gasteiger partial charge in [-0.15, -0.1) is 0 Å². The van der Waals surface area contributed by atoms with E-state index in [1.165, 1.54) is 0 Å². The van der Waals surface area contributed by atoms with Gasteiger partial charge in [0.25, 0.3) is 0 Å². The first-order valence-electron chi connectivity index (χ1n) is 4.97. The summed E-state index contributed by atoms with van der Waals surface area (Å²) in [6, 6.07) is 0. The summed E-state index contributed by atoms with van der Waals surface area (Å²) in [6.45, 7) is 2.05. The van der Waals surface area contributed by atoms with Crippen molar-refractivity contribution in [3.63, 3.8) is 0 Å². The molecule has 0 radical (unpaired) electrons. The number of aliphatic hydroxyl groups excluding tert-OH is 1. The van der Waals surface area contributed by atoms with Crippen molar-refractivity contribution in [2.75, 3.05) is 0 Å². The maximum Gasteiger partial charge on any atom is 0.0751 e. The zero-order valence-corrected chi connectivity index (χ0v) is 8.45. The van der Waals surface area contributed by atoms with Crippen LogP contribution in [0.4, 0.5) is 0 Å². The van der Waals surface area contributed by atoms with Gasteiger partial charge >= 0.3 is 0 Å². The van der Waals surface area contributed by atoms with E-state index in [-0.39, 0.29) is 0 Å². The molecule has 0 saturated carbocycles. The predicted octanol–water partition coefficient (Wildman–Crippen LogP) is 4.14. The largest absolute Gasteiger partial charge is 0.516 e. The first kappa shape index (κ1) is 12.0. The molecule has 0 rings (SSSR count). The van der Waals surface area contributed by atoms with Gasteiger partial charge < -0.3 is 5.11 Å². The van der Waals surface area contributed by atoms with Crippen LogP contribution in [0.3, 0.4) is 0 Å². The van der Waals surface area contributed by atoms with Crippen LogP contribution in [0.25, 0.3) is 0 Å². The molecule has 0 aliphatic carbocycles. The molecule has 0 heterocycles. The third kappa shape index (κ3) is 11.0. The Labute approximate surface area is 81.5 Å². The smallest absolute Gasteiger partial charge is 0.0751 e. The molecular formula is C12H20O. The van der Waals surface area contributed by atoms with Crippen LogP contribution in [0.5, 0.6) is 0 Å². The van der Waals surface area contributed by atoms with Crippen molar-refractivity contribution in [1.29, 1.82) is 0 Å². The molecule has 0 amide bonds. The van der Waals surface area contributed by atoms with Crippen molar-refractivity contribution in [3.8, 4) is 0 Å². The molecule has 0 spiro atoms. The quantitative estimate of drug-likeness (QED) is 0.354. The molecule has 0 saturated heterocycles. The topological polar surface area (TPSA) is 20.2 Å². The highest BCUT2D eigenvalue weighted by Gasteiger charge is 1.80. The van der Waals surface area contributed by atoms with E-state index in [0.717, 1.165) is 38.4 Å². The normalized spacial score (nSPS) is 12.4. The number of rotatable bonds is 7. The van der Waals surface area contributed by atoms with Crippen LogP contribution in [-0.2, 0) is 0 Å². The molecule has 0 atom stereocenters. The first-order chi connectivity index (χ1) is 6.41. The van der Waals surface area contributed by atoms with Gasteiger partial charge in [0, 0.05) is 0 Å². The van der Waals surface area contributed by atoms with Gasteiger partial charge in [-0.2, -0.15) is 0 Å². The predicted molar refractivity (Wildman–Crippen MR) is 58.8 cm³/mol. The van der Waals surface area contributed by atoms with E-state index in [1.807, 2.05) is 6.92 Å². The molecule has 1 heteroatoms. The summed E-state index contributed by atoms with van der Waals surface area (Å²) in [5.74, 6) is 0. The van der Waals surface area contributed by atoms with Gasteiger partial charge in [-0.25, -0.2) is 0 Å². The van der Waals surface area contributed by atoms with Crippen LogP contribution in [0.1, 0.15) is 39.0 Å². The highest BCUT2D eigenvalue weighted by atomic mass is 16.2. The zero-order valence-electron chi connectivity index (χ0n) is 8.45. The van der Waals surface area contributed by atoms with Gasteiger partial charge in [0.2, 0.25) is 0 Å². The fourth-order valence-corrected chi connectivity index (χ4v) is 1.02. The maximum absolute atomic E-state index is 8.36. The van der Waals surface area contributed by atoms with Crippen LogP contribution in [0.2, 0.25) is 0 Å². The Bertz CT molecular complexity index is 166. The summed E-state index contributed by atoms with van der Waals surface area (Å²) in [5.41, 5.74) is 0. The zero-order chi connectivity index (χ0) is 9.78. The van der Waals surface area contributed by atoms with Crippen LogP contribution in [-0.4, -0.2) is 5.11 Å². The SMILES string of the molecule is CC=CCCC=CCCCC=CO. The van der Waals surface area contributed by atoms with Crippen molar-refractivity contribution in [2.24, 2.45) is 0 Å². The first-order valence-corrected chi connectivity index (χ1v) is 4.97. The fourth-order valence-electron chi connectivity index (χ4n) is 1.02. The molecular weight excluding hydrogens is 160 g/mol. The number of allylic oxidation sites excluding steroid dienone is 5. The summed E-state index contributed by atoms with van der Waals surface area (Å²) in [6.07, 6.45) is 17.1. The number of hydrogen-bond acceptors (Lipinski definition) is 1. The minimum Gasteiger partial charge on any atom is -0.516 e. The van der Waals surface area contributed by atoms with E-state index in [4.69, 9.17) is 5.11 Å². The van der Waals surface area contributed by atoms with Crippen molar-refractivity contribution in [3.05, 3.63) is 36.6 Å². The van der Waals surface area contributed by atoms with Crippen molar-refractivity contribution >= 4 is 0 Å². The molecule has 0 aromatic rings. The Morgan fingerprint density at radius 3 is 2.15 bits per heavy atom. The minimum absolute atomic E-state index is 0.968. The molecule has 0 unspecified atom stereocenters. The number of aliphatic hydroxyl groups is 1. The van der Waals surface area contributed by atoms with E-state index in [1.54, 1.807) is 6.08 Å². The molecule has 1 nitrogen and oxygen atoms in total. The van der Waals surface area contributed by atoms with Crippen LogP contribution >= 0.6 is 0 Å². The molecule has 0 aromatic carbocycles. The van der Waals surface area contributed by atoms with Gasteiger partial charge in [-0.1, -0.05) is 30.4 Å².